The number of Topliss-reactive ketones (excluding diaryl/α,β-unsaturated/α-hetero) is 1. The molecule has 0 saturated carbocycles. The van der Waals surface area contributed by atoms with Crippen LogP contribution in [0.5, 0.6) is 0 Å². The van der Waals surface area contributed by atoms with Crippen molar-refractivity contribution in [2.45, 2.75) is 46.1 Å². The van der Waals surface area contributed by atoms with Crippen LogP contribution in [0, 0.1) is 35.5 Å². The molecule has 1 aromatic carbocycles. The fourth-order valence-corrected chi connectivity index (χ4v) is 3.26. The Labute approximate surface area is 187 Å². The number of aryl methyl sites for hydroxylation is 2. The number of nitrogens with zero attached hydrogens (tertiary/aromatic N) is 6. The molecule has 0 amide bonds. The van der Waals surface area contributed by atoms with Gasteiger partial charge in [-0.05, 0) is 25.3 Å². The third-order valence-corrected chi connectivity index (χ3v) is 5.19. The quantitative estimate of drug-likeness (QED) is 0.460. The van der Waals surface area contributed by atoms with Crippen molar-refractivity contribution in [3.05, 3.63) is 54.0 Å². The molecule has 1 N–H and O–H groups in total. The Morgan fingerprint density at radius 2 is 2.00 bits per heavy atom. The van der Waals surface area contributed by atoms with Crippen LogP contribution in [0.4, 0.5) is 11.6 Å². The van der Waals surface area contributed by atoms with Crippen LogP contribution in [0.15, 0.2) is 42.9 Å². The lowest BCUT2D eigenvalue weighted by Gasteiger charge is -2.09. The molecule has 0 fully saturated rings. The number of nitriles is 2. The fourth-order valence-electron chi connectivity index (χ4n) is 3.26. The lowest BCUT2D eigenvalue weighted by atomic mass is 9.97. The van der Waals surface area contributed by atoms with Crippen LogP contribution in [0.3, 0.4) is 0 Å². The number of ketones is 1. The van der Waals surface area contributed by atoms with Gasteiger partial charge in [-0.15, -0.1) is 0 Å². The number of carbonyl (C=O) groups is 1. The zero-order chi connectivity index (χ0) is 22.9. The van der Waals surface area contributed by atoms with Gasteiger partial charge in [0.05, 0.1) is 42.7 Å². The molecular weight excluding hydrogens is 402 g/mol. The molecule has 0 bridgehead atoms. The van der Waals surface area contributed by atoms with E-state index in [0.29, 0.717) is 37.3 Å². The van der Waals surface area contributed by atoms with Gasteiger partial charge in [-0.2, -0.15) is 15.6 Å². The highest BCUT2D eigenvalue weighted by Gasteiger charge is 2.12. The van der Waals surface area contributed by atoms with Crippen LogP contribution in [-0.2, 0) is 6.54 Å². The summed E-state index contributed by atoms with van der Waals surface area (Å²) in [6.45, 7) is 4.42. The van der Waals surface area contributed by atoms with E-state index < -0.39 is 0 Å². The molecule has 0 saturated heterocycles. The standard InChI is InChI=1S/C24H25N7O/c1-3-18(13-26)5-10-22(32)19-6-8-20(9-7-19)23-17(2)14-27-24(30-23)29-21-15-28-31(16-21)12-4-11-25/h6-9,14-16,18H,3-5,10,12H2,1-2H3,(H,27,29,30). The molecule has 2 heterocycles. The number of nitrogens with one attached hydrogen (secondary N) is 1. The lowest BCUT2D eigenvalue weighted by Crippen LogP contribution is -2.04. The Hall–Kier alpha value is -4.04. The minimum absolute atomic E-state index is 0.0421. The Kier molecular flexibility index (Phi) is 7.66. The summed E-state index contributed by atoms with van der Waals surface area (Å²) in [6.07, 6.45) is 7.31. The van der Waals surface area contributed by atoms with E-state index in [-0.39, 0.29) is 11.7 Å². The van der Waals surface area contributed by atoms with Crippen molar-refractivity contribution < 1.29 is 4.79 Å². The van der Waals surface area contributed by atoms with Gasteiger partial charge in [0.1, 0.15) is 0 Å². The molecule has 162 valence electrons. The number of anilines is 2. The second-order valence-electron chi connectivity index (χ2n) is 7.52. The second-order valence-corrected chi connectivity index (χ2v) is 7.52. The Morgan fingerprint density at radius 1 is 1.22 bits per heavy atom. The average molecular weight is 428 g/mol. The number of benzene rings is 1. The fraction of sp³-hybridized carbons (Fsp3) is 0.333. The third-order valence-electron chi connectivity index (χ3n) is 5.19. The topological polar surface area (TPSA) is 120 Å². The van der Waals surface area contributed by atoms with Gasteiger partial charge in [0.2, 0.25) is 5.95 Å². The summed E-state index contributed by atoms with van der Waals surface area (Å²) in [6, 6.07) is 11.7. The average Bonchev–Trinajstić information content (AvgIpc) is 3.26. The highest BCUT2D eigenvalue weighted by Crippen LogP contribution is 2.24. The zero-order valence-electron chi connectivity index (χ0n) is 18.2. The summed E-state index contributed by atoms with van der Waals surface area (Å²) in [7, 11) is 0. The predicted octanol–water partition coefficient (Wildman–Crippen LogP) is 4.82. The van der Waals surface area contributed by atoms with Crippen molar-refractivity contribution in [1.29, 1.82) is 10.5 Å². The van der Waals surface area contributed by atoms with Crippen molar-refractivity contribution in [3.63, 3.8) is 0 Å². The van der Waals surface area contributed by atoms with Crippen LogP contribution in [-0.4, -0.2) is 25.5 Å². The van der Waals surface area contributed by atoms with E-state index in [2.05, 4.69) is 32.5 Å². The molecule has 8 heteroatoms. The van der Waals surface area contributed by atoms with Crippen molar-refractivity contribution in [2.75, 3.05) is 5.32 Å². The first-order chi connectivity index (χ1) is 15.5. The van der Waals surface area contributed by atoms with Gasteiger partial charge in [0.15, 0.2) is 5.78 Å². The third kappa shape index (κ3) is 5.77. The van der Waals surface area contributed by atoms with Crippen LogP contribution in [0.1, 0.15) is 48.5 Å². The largest absolute Gasteiger partial charge is 0.321 e. The molecule has 3 aromatic rings. The number of aromatic nitrogens is 4. The normalized spacial score (nSPS) is 11.4. The second kappa shape index (κ2) is 10.8. The minimum Gasteiger partial charge on any atom is -0.321 e. The summed E-state index contributed by atoms with van der Waals surface area (Å²) < 4.78 is 1.69. The van der Waals surface area contributed by atoms with Gasteiger partial charge in [-0.25, -0.2) is 9.97 Å². The summed E-state index contributed by atoms with van der Waals surface area (Å²) >= 11 is 0. The van der Waals surface area contributed by atoms with Crippen molar-refractivity contribution in [3.8, 4) is 23.4 Å². The number of rotatable bonds is 10. The summed E-state index contributed by atoms with van der Waals surface area (Å²) in [4.78, 5) is 21.4. The van der Waals surface area contributed by atoms with E-state index in [4.69, 9.17) is 10.5 Å². The summed E-state index contributed by atoms with van der Waals surface area (Å²) in [5.41, 5.74) is 3.95. The van der Waals surface area contributed by atoms with Gasteiger partial charge in [0.25, 0.3) is 0 Å². The molecule has 0 aliphatic heterocycles. The van der Waals surface area contributed by atoms with Crippen molar-refractivity contribution in [2.24, 2.45) is 5.92 Å². The van der Waals surface area contributed by atoms with Crippen LogP contribution in [0.2, 0.25) is 0 Å². The SMILES string of the molecule is CCC(C#N)CCC(=O)c1ccc(-c2nc(Nc3cnn(CCC#N)c3)ncc2C)cc1. The lowest BCUT2D eigenvalue weighted by molar-refractivity contribution is 0.0976. The van der Waals surface area contributed by atoms with E-state index in [1.807, 2.05) is 26.0 Å². The molecule has 0 spiro atoms. The molecule has 0 aliphatic rings. The monoisotopic (exact) mass is 427 g/mol. The van der Waals surface area contributed by atoms with Gasteiger partial charge in [0, 0.05) is 35.9 Å². The minimum atomic E-state index is -0.0775. The first-order valence-electron chi connectivity index (χ1n) is 10.6. The smallest absolute Gasteiger partial charge is 0.227 e. The number of hydrogen-bond donors (Lipinski definition) is 1. The van der Waals surface area contributed by atoms with Gasteiger partial charge in [-0.3, -0.25) is 9.48 Å². The highest BCUT2D eigenvalue weighted by molar-refractivity contribution is 5.96. The van der Waals surface area contributed by atoms with E-state index >= 15 is 0 Å². The van der Waals surface area contributed by atoms with E-state index in [1.165, 1.54) is 0 Å². The molecule has 2 aromatic heterocycles. The molecule has 32 heavy (non-hydrogen) atoms. The van der Waals surface area contributed by atoms with E-state index in [0.717, 1.165) is 28.9 Å². The molecule has 8 nitrogen and oxygen atoms in total. The van der Waals surface area contributed by atoms with Crippen molar-refractivity contribution in [1.82, 2.24) is 19.7 Å². The van der Waals surface area contributed by atoms with E-state index in [9.17, 15) is 4.79 Å². The van der Waals surface area contributed by atoms with Crippen LogP contribution in [0.25, 0.3) is 11.3 Å². The van der Waals surface area contributed by atoms with Crippen LogP contribution < -0.4 is 5.32 Å². The van der Waals surface area contributed by atoms with Gasteiger partial charge >= 0.3 is 0 Å². The molecular formula is C24H25N7O. The Bertz CT molecular complexity index is 1150. The van der Waals surface area contributed by atoms with Crippen LogP contribution >= 0.6 is 0 Å². The zero-order valence-corrected chi connectivity index (χ0v) is 18.2. The number of carbonyl (C=O) groups excluding carboxylic acids is 1. The molecule has 0 radical (unpaired) electrons. The summed E-state index contributed by atoms with van der Waals surface area (Å²) in [5, 5.41) is 25.1. The Morgan fingerprint density at radius 3 is 2.69 bits per heavy atom. The Balaban J connectivity index is 1.71. The first kappa shape index (κ1) is 22.6. The first-order valence-corrected chi connectivity index (χ1v) is 10.6. The molecule has 0 aliphatic carbocycles. The summed E-state index contributed by atoms with van der Waals surface area (Å²) in [5.74, 6) is 0.402. The van der Waals surface area contributed by atoms with Gasteiger partial charge < -0.3 is 5.32 Å². The molecule has 1 unspecified atom stereocenters. The molecule has 3 rings (SSSR count). The number of hydrogen-bond acceptors (Lipinski definition) is 7. The highest BCUT2D eigenvalue weighted by atomic mass is 16.1. The maximum Gasteiger partial charge on any atom is 0.227 e. The molecule has 1 atom stereocenters. The maximum absolute atomic E-state index is 12.5. The predicted molar refractivity (Wildman–Crippen MR) is 121 cm³/mol. The van der Waals surface area contributed by atoms with Gasteiger partial charge in [-0.1, -0.05) is 31.2 Å². The van der Waals surface area contributed by atoms with E-state index in [1.54, 1.807) is 35.4 Å². The van der Waals surface area contributed by atoms with Crippen molar-refractivity contribution >= 4 is 17.4 Å². The maximum atomic E-state index is 12.5.